The van der Waals surface area contributed by atoms with E-state index in [2.05, 4.69) is 32.2 Å². The van der Waals surface area contributed by atoms with Gasteiger partial charge in [0, 0.05) is 31.3 Å². The largest absolute Gasteiger partial charge is 0.375 e. The van der Waals surface area contributed by atoms with Crippen LogP contribution < -0.4 is 4.90 Å². The van der Waals surface area contributed by atoms with Crippen molar-refractivity contribution in [1.29, 1.82) is 0 Å². The van der Waals surface area contributed by atoms with E-state index in [0.717, 1.165) is 54.5 Å². The molecule has 3 heterocycles. The molecule has 2 aliphatic rings. The lowest BCUT2D eigenvalue weighted by Crippen LogP contribution is -2.39. The molecule has 1 aliphatic heterocycles. The molecule has 1 aromatic carbocycles. The van der Waals surface area contributed by atoms with Crippen LogP contribution >= 0.6 is 0 Å². The summed E-state index contributed by atoms with van der Waals surface area (Å²) in [7, 11) is 0. The number of rotatable bonds is 6. The molecule has 5 rings (SSSR count). The number of H-pyrrole nitrogens is 1. The maximum atomic E-state index is 6.37. The van der Waals surface area contributed by atoms with E-state index < -0.39 is 0 Å². The second-order valence-corrected chi connectivity index (χ2v) is 8.76. The van der Waals surface area contributed by atoms with Crippen molar-refractivity contribution in [3.63, 3.8) is 0 Å². The molecule has 1 N–H and O–H groups in total. The van der Waals surface area contributed by atoms with Gasteiger partial charge in [0.1, 0.15) is 11.6 Å². The molecule has 0 unspecified atom stereocenters. The zero-order valence-corrected chi connectivity index (χ0v) is 18.0. The fourth-order valence-electron chi connectivity index (χ4n) is 4.69. The molecule has 6 nitrogen and oxygen atoms in total. The predicted molar refractivity (Wildman–Crippen MR) is 122 cm³/mol. The number of pyridine rings is 1. The number of hydrogen-bond donors (Lipinski definition) is 1. The van der Waals surface area contributed by atoms with Gasteiger partial charge in [0.2, 0.25) is 0 Å². The van der Waals surface area contributed by atoms with Gasteiger partial charge in [0.15, 0.2) is 5.82 Å². The summed E-state index contributed by atoms with van der Waals surface area (Å²) < 4.78 is 6.37. The molecule has 0 bridgehead atoms. The van der Waals surface area contributed by atoms with Crippen LogP contribution in [0.4, 0.5) is 5.82 Å². The lowest BCUT2D eigenvalue weighted by atomic mass is 9.97. The van der Waals surface area contributed by atoms with E-state index in [-0.39, 0.29) is 0 Å². The Bertz CT molecular complexity index is 942. The highest BCUT2D eigenvalue weighted by Gasteiger charge is 2.24. The summed E-state index contributed by atoms with van der Waals surface area (Å²) in [5, 5.41) is 7.40. The minimum atomic E-state index is 0.420. The minimum Gasteiger partial charge on any atom is -0.375 e. The third-order valence-corrected chi connectivity index (χ3v) is 6.45. The Hall–Kier alpha value is -2.73. The zero-order valence-electron chi connectivity index (χ0n) is 18.0. The van der Waals surface area contributed by atoms with Crippen LogP contribution in [0, 0.1) is 0 Å². The van der Waals surface area contributed by atoms with Gasteiger partial charge in [-0.25, -0.2) is 9.97 Å². The first-order chi connectivity index (χ1) is 15.3. The third kappa shape index (κ3) is 5.13. The van der Waals surface area contributed by atoms with Gasteiger partial charge in [0.05, 0.1) is 12.2 Å². The predicted octanol–water partition coefficient (Wildman–Crippen LogP) is 4.78. The minimum absolute atomic E-state index is 0.420. The highest BCUT2D eigenvalue weighted by atomic mass is 16.5. The Morgan fingerprint density at radius 3 is 2.42 bits per heavy atom. The number of anilines is 1. The van der Waals surface area contributed by atoms with E-state index in [0.29, 0.717) is 18.6 Å². The summed E-state index contributed by atoms with van der Waals surface area (Å²) in [5.74, 6) is 2.65. The monoisotopic (exact) mass is 417 g/mol. The van der Waals surface area contributed by atoms with Gasteiger partial charge in [-0.3, -0.25) is 5.10 Å². The van der Waals surface area contributed by atoms with Crippen molar-refractivity contribution in [2.24, 2.45) is 0 Å². The van der Waals surface area contributed by atoms with Gasteiger partial charge in [-0.15, -0.1) is 0 Å². The first-order valence-electron chi connectivity index (χ1n) is 11.7. The topological polar surface area (TPSA) is 66.9 Å². The Morgan fingerprint density at radius 1 is 0.903 bits per heavy atom. The average Bonchev–Trinajstić information content (AvgIpc) is 3.30. The third-order valence-electron chi connectivity index (χ3n) is 6.45. The van der Waals surface area contributed by atoms with Crippen molar-refractivity contribution < 1.29 is 4.74 Å². The molecule has 0 spiro atoms. The fraction of sp³-hybridized carbons (Fsp3) is 0.480. The molecule has 1 saturated heterocycles. The molecule has 3 aromatic rings. The Morgan fingerprint density at radius 2 is 1.68 bits per heavy atom. The highest BCUT2D eigenvalue weighted by Crippen LogP contribution is 2.26. The highest BCUT2D eigenvalue weighted by molar-refractivity contribution is 5.54. The van der Waals surface area contributed by atoms with Crippen molar-refractivity contribution in [2.75, 3.05) is 18.0 Å². The molecular formula is C25H31N5O. The number of benzene rings is 1. The van der Waals surface area contributed by atoms with E-state index in [9.17, 15) is 0 Å². The van der Waals surface area contributed by atoms with Crippen LogP contribution in [-0.4, -0.2) is 45.5 Å². The molecule has 0 atom stereocenters. The quantitative estimate of drug-likeness (QED) is 0.625. The lowest BCUT2D eigenvalue weighted by molar-refractivity contribution is -0.0395. The summed E-state index contributed by atoms with van der Waals surface area (Å²) in [6, 6.07) is 14.3. The molecule has 162 valence electrons. The number of hydrogen-bond acceptors (Lipinski definition) is 5. The van der Waals surface area contributed by atoms with Gasteiger partial charge < -0.3 is 9.64 Å². The zero-order chi connectivity index (χ0) is 20.9. The van der Waals surface area contributed by atoms with Gasteiger partial charge in [0.25, 0.3) is 0 Å². The van der Waals surface area contributed by atoms with Crippen molar-refractivity contribution in [3.05, 3.63) is 60.0 Å². The molecule has 0 radical (unpaired) electrons. The smallest absolute Gasteiger partial charge is 0.181 e. The number of aromatic amines is 1. The Balaban J connectivity index is 1.13. The molecular weight excluding hydrogens is 386 g/mol. The van der Waals surface area contributed by atoms with Crippen LogP contribution in [0.25, 0.3) is 11.4 Å². The van der Waals surface area contributed by atoms with Gasteiger partial charge in [-0.2, -0.15) is 5.10 Å². The molecule has 1 saturated carbocycles. The van der Waals surface area contributed by atoms with Gasteiger partial charge in [-0.1, -0.05) is 55.7 Å². The van der Waals surface area contributed by atoms with Crippen LogP contribution in [0.1, 0.15) is 56.3 Å². The van der Waals surface area contributed by atoms with E-state index in [1.807, 2.05) is 36.5 Å². The van der Waals surface area contributed by atoms with Crippen molar-refractivity contribution in [2.45, 2.75) is 63.6 Å². The van der Waals surface area contributed by atoms with Crippen molar-refractivity contribution in [3.8, 4) is 11.4 Å². The van der Waals surface area contributed by atoms with E-state index in [1.54, 1.807) is 0 Å². The molecule has 31 heavy (non-hydrogen) atoms. The second-order valence-electron chi connectivity index (χ2n) is 8.76. The van der Waals surface area contributed by atoms with E-state index >= 15 is 0 Å². The summed E-state index contributed by atoms with van der Waals surface area (Å²) in [5.41, 5.74) is 2.16. The standard InChI is InChI=1S/C25H31N5O/c1-3-7-20(8-4-1)25-27-23(28-29-25)17-19-11-12-24(26-18-19)30-15-13-22(14-16-30)31-21-9-5-2-6-10-21/h1,3-4,7-8,11-12,18,21-22H,2,5-6,9-10,13-17H2,(H,27,28,29). The normalized spacial score (nSPS) is 18.4. The number of nitrogens with one attached hydrogen (secondary N) is 1. The fourth-order valence-corrected chi connectivity index (χ4v) is 4.69. The summed E-state index contributed by atoms with van der Waals surface area (Å²) in [6.45, 7) is 2.04. The van der Waals surface area contributed by atoms with Gasteiger partial charge in [-0.05, 0) is 37.3 Å². The Labute approximate surface area is 184 Å². The number of aromatic nitrogens is 4. The molecule has 0 amide bonds. The molecule has 6 heteroatoms. The first kappa shape index (κ1) is 20.2. The SMILES string of the molecule is c1ccc(-c2n[nH]c(Cc3ccc(N4CCC(OC5CCCCC5)CC4)nc3)n2)cc1. The molecule has 1 aliphatic carbocycles. The van der Waals surface area contributed by atoms with Crippen LogP contribution in [-0.2, 0) is 11.2 Å². The number of nitrogens with zero attached hydrogens (tertiary/aromatic N) is 4. The molecule has 2 aromatic heterocycles. The summed E-state index contributed by atoms with van der Waals surface area (Å²) >= 11 is 0. The van der Waals surface area contributed by atoms with Crippen molar-refractivity contribution >= 4 is 5.82 Å². The first-order valence-corrected chi connectivity index (χ1v) is 11.7. The summed E-state index contributed by atoms with van der Waals surface area (Å²) in [4.78, 5) is 11.7. The van der Waals surface area contributed by atoms with Crippen LogP contribution in [0.5, 0.6) is 0 Å². The van der Waals surface area contributed by atoms with Crippen LogP contribution in [0.3, 0.4) is 0 Å². The maximum absolute atomic E-state index is 6.37. The average molecular weight is 418 g/mol. The van der Waals surface area contributed by atoms with Crippen molar-refractivity contribution in [1.82, 2.24) is 20.2 Å². The molecule has 2 fully saturated rings. The van der Waals surface area contributed by atoms with Gasteiger partial charge >= 0.3 is 0 Å². The number of ether oxygens (including phenoxy) is 1. The van der Waals surface area contributed by atoms with Crippen LogP contribution in [0.2, 0.25) is 0 Å². The second kappa shape index (κ2) is 9.60. The maximum Gasteiger partial charge on any atom is 0.181 e. The lowest BCUT2D eigenvalue weighted by Gasteiger charge is -2.35. The van der Waals surface area contributed by atoms with E-state index in [4.69, 9.17) is 9.72 Å². The number of piperidine rings is 1. The summed E-state index contributed by atoms with van der Waals surface area (Å²) in [6.07, 6.45) is 12.3. The van der Waals surface area contributed by atoms with Crippen LogP contribution in [0.15, 0.2) is 48.7 Å². The van der Waals surface area contributed by atoms with E-state index in [1.165, 1.54) is 32.1 Å². The Kier molecular flexibility index (Phi) is 6.25.